The van der Waals surface area contributed by atoms with E-state index in [1.807, 2.05) is 0 Å². The summed E-state index contributed by atoms with van der Waals surface area (Å²) in [6.45, 7) is 0. The number of ether oxygens (including phenoxy) is 2. The number of hydrogen-bond acceptors (Lipinski definition) is 8. The topological polar surface area (TPSA) is 109 Å². The first kappa shape index (κ1) is 22.4. The number of Topliss-reactive ketones (excluding diaryl/α,β-unsaturated/α-hetero) is 1. The Bertz CT molecular complexity index is 1490. The number of anilines is 1. The van der Waals surface area contributed by atoms with Gasteiger partial charge in [0.2, 0.25) is 0 Å². The number of aliphatic hydroxyl groups is 1. The Hall–Kier alpha value is -4.37. The normalized spacial score (nSPS) is 17.2. The van der Waals surface area contributed by atoms with Crippen molar-refractivity contribution >= 4 is 44.1 Å². The zero-order valence-corrected chi connectivity index (χ0v) is 19.6. The van der Waals surface area contributed by atoms with Gasteiger partial charge in [0, 0.05) is 5.56 Å². The molecule has 1 aliphatic rings. The van der Waals surface area contributed by atoms with Crippen LogP contribution in [0.4, 0.5) is 5.13 Å². The molecule has 0 radical (unpaired) electrons. The largest absolute Gasteiger partial charge is 0.508 e. The van der Waals surface area contributed by atoms with E-state index in [1.54, 1.807) is 61.7 Å². The monoisotopic (exact) mass is 488 g/mol. The molecule has 3 aromatic carbocycles. The predicted octanol–water partition coefficient (Wildman–Crippen LogP) is 4.65. The van der Waals surface area contributed by atoms with Crippen molar-refractivity contribution in [1.29, 1.82) is 0 Å². The van der Waals surface area contributed by atoms with E-state index in [0.717, 1.165) is 4.70 Å². The minimum Gasteiger partial charge on any atom is -0.508 e. The Kier molecular flexibility index (Phi) is 5.62. The molecule has 8 nitrogen and oxygen atoms in total. The van der Waals surface area contributed by atoms with Crippen molar-refractivity contribution in [3.05, 3.63) is 83.4 Å². The van der Waals surface area contributed by atoms with Crippen LogP contribution >= 0.6 is 11.3 Å². The number of ketones is 1. The van der Waals surface area contributed by atoms with Crippen LogP contribution in [0.25, 0.3) is 16.0 Å². The average molecular weight is 489 g/mol. The molecule has 5 rings (SSSR count). The minimum atomic E-state index is -0.994. The second kappa shape index (κ2) is 8.77. The molecule has 0 bridgehead atoms. The average Bonchev–Trinajstić information content (AvgIpc) is 3.41. The number of hydrogen-bond donors (Lipinski definition) is 2. The summed E-state index contributed by atoms with van der Waals surface area (Å²) in [6, 6.07) is 17.1. The molecule has 9 heteroatoms. The summed E-state index contributed by atoms with van der Waals surface area (Å²) in [7, 11) is 3.08. The summed E-state index contributed by atoms with van der Waals surface area (Å²) < 4.78 is 11.2. The molecule has 0 saturated carbocycles. The molecular formula is C26H20N2O6S. The van der Waals surface area contributed by atoms with Crippen molar-refractivity contribution in [2.45, 2.75) is 6.04 Å². The van der Waals surface area contributed by atoms with Gasteiger partial charge in [-0.1, -0.05) is 23.5 Å². The van der Waals surface area contributed by atoms with Gasteiger partial charge in [-0.2, -0.15) is 0 Å². The van der Waals surface area contributed by atoms with Gasteiger partial charge < -0.3 is 19.7 Å². The lowest BCUT2D eigenvalue weighted by molar-refractivity contribution is -0.132. The zero-order chi connectivity index (χ0) is 24.7. The van der Waals surface area contributed by atoms with Gasteiger partial charge in [-0.05, 0) is 60.2 Å². The second-order valence-electron chi connectivity index (χ2n) is 7.82. The van der Waals surface area contributed by atoms with Gasteiger partial charge in [-0.3, -0.25) is 14.5 Å². The predicted molar refractivity (Wildman–Crippen MR) is 132 cm³/mol. The molecule has 2 N–H and O–H groups in total. The van der Waals surface area contributed by atoms with Gasteiger partial charge in [-0.25, -0.2) is 4.98 Å². The third-order valence-electron chi connectivity index (χ3n) is 5.78. The smallest absolute Gasteiger partial charge is 0.301 e. The molecular weight excluding hydrogens is 468 g/mol. The summed E-state index contributed by atoms with van der Waals surface area (Å²) in [6.07, 6.45) is 0. The van der Waals surface area contributed by atoms with Gasteiger partial charge in [0.05, 0.1) is 36.1 Å². The van der Waals surface area contributed by atoms with Crippen LogP contribution in [0.5, 0.6) is 17.2 Å². The number of aromatic hydroxyl groups is 1. The summed E-state index contributed by atoms with van der Waals surface area (Å²) in [5.74, 6) is -0.811. The number of aromatic nitrogens is 1. The Balaban J connectivity index is 1.70. The van der Waals surface area contributed by atoms with E-state index < -0.39 is 17.7 Å². The SMILES string of the molecule is COc1ccc(/C(O)=C2\C(=O)C(=O)N(c3nc4ccc(OC)cc4s3)C2c2cccc(O)c2)cc1. The molecule has 1 fully saturated rings. The molecule has 176 valence electrons. The first-order valence-corrected chi connectivity index (χ1v) is 11.4. The number of aliphatic hydroxyl groups excluding tert-OH is 1. The van der Waals surface area contributed by atoms with E-state index in [-0.39, 0.29) is 22.2 Å². The van der Waals surface area contributed by atoms with Gasteiger partial charge in [0.25, 0.3) is 5.78 Å². The maximum atomic E-state index is 13.3. The highest BCUT2D eigenvalue weighted by Crippen LogP contribution is 2.45. The second-order valence-corrected chi connectivity index (χ2v) is 8.83. The van der Waals surface area contributed by atoms with E-state index in [4.69, 9.17) is 9.47 Å². The summed E-state index contributed by atoms with van der Waals surface area (Å²) >= 11 is 1.23. The van der Waals surface area contributed by atoms with Crippen molar-refractivity contribution < 1.29 is 29.3 Å². The number of amides is 1. The van der Waals surface area contributed by atoms with Crippen molar-refractivity contribution in [2.75, 3.05) is 19.1 Å². The van der Waals surface area contributed by atoms with E-state index in [1.165, 1.54) is 35.5 Å². The first-order chi connectivity index (χ1) is 16.9. The Labute approximate surface area is 204 Å². The van der Waals surface area contributed by atoms with E-state index >= 15 is 0 Å². The molecule has 35 heavy (non-hydrogen) atoms. The summed E-state index contributed by atoms with van der Waals surface area (Å²) in [4.78, 5) is 32.4. The molecule has 4 aromatic rings. The zero-order valence-electron chi connectivity index (χ0n) is 18.8. The number of methoxy groups -OCH3 is 2. The molecule has 1 aliphatic heterocycles. The van der Waals surface area contributed by atoms with Crippen molar-refractivity contribution in [3.63, 3.8) is 0 Å². The van der Waals surface area contributed by atoms with E-state index in [9.17, 15) is 19.8 Å². The van der Waals surface area contributed by atoms with Crippen LogP contribution < -0.4 is 14.4 Å². The number of rotatable bonds is 5. The fraction of sp³-hybridized carbons (Fsp3) is 0.115. The standard InChI is InChI=1S/C26H20N2O6S/c1-33-17-8-6-14(7-9-17)23(30)21-22(15-4-3-5-16(29)12-15)28(25(32)24(21)31)26-27-19-11-10-18(34-2)13-20(19)35-26/h3-13,22,29-30H,1-2H3/b23-21+. The van der Waals surface area contributed by atoms with Crippen LogP contribution in [-0.2, 0) is 9.59 Å². The first-order valence-electron chi connectivity index (χ1n) is 10.6. The number of thiazole rings is 1. The maximum absolute atomic E-state index is 13.3. The van der Waals surface area contributed by atoms with Crippen molar-refractivity contribution in [2.24, 2.45) is 0 Å². The third kappa shape index (κ3) is 3.85. The van der Waals surface area contributed by atoms with Crippen LogP contribution in [0.2, 0.25) is 0 Å². The lowest BCUT2D eigenvalue weighted by atomic mass is 9.95. The molecule has 1 atom stereocenters. The van der Waals surface area contributed by atoms with Crippen molar-refractivity contribution in [1.82, 2.24) is 4.98 Å². The Morgan fingerprint density at radius 2 is 1.69 bits per heavy atom. The third-order valence-corrected chi connectivity index (χ3v) is 6.80. The van der Waals surface area contributed by atoms with Crippen LogP contribution in [0, 0.1) is 0 Å². The number of fused-ring (bicyclic) bond motifs is 1. The Morgan fingerprint density at radius 1 is 0.971 bits per heavy atom. The number of carbonyl (C=O) groups excluding carboxylic acids is 2. The van der Waals surface area contributed by atoms with Crippen LogP contribution in [0.15, 0.2) is 72.3 Å². The van der Waals surface area contributed by atoms with Crippen LogP contribution in [-0.4, -0.2) is 41.1 Å². The quantitative estimate of drug-likeness (QED) is 0.239. The molecule has 1 unspecified atom stereocenters. The number of carbonyl (C=O) groups is 2. The molecule has 2 heterocycles. The highest BCUT2D eigenvalue weighted by Gasteiger charge is 2.48. The molecule has 0 aliphatic carbocycles. The summed E-state index contributed by atoms with van der Waals surface area (Å²) in [5.41, 5.74) is 1.35. The fourth-order valence-corrected chi connectivity index (χ4v) is 5.09. The van der Waals surface area contributed by atoms with Gasteiger partial charge >= 0.3 is 5.91 Å². The van der Waals surface area contributed by atoms with Crippen LogP contribution in [0.3, 0.4) is 0 Å². The van der Waals surface area contributed by atoms with Gasteiger partial charge in [0.15, 0.2) is 5.13 Å². The highest BCUT2D eigenvalue weighted by atomic mass is 32.1. The summed E-state index contributed by atoms with van der Waals surface area (Å²) in [5, 5.41) is 21.6. The van der Waals surface area contributed by atoms with Crippen LogP contribution in [0.1, 0.15) is 17.2 Å². The number of nitrogens with zero attached hydrogens (tertiary/aromatic N) is 2. The van der Waals surface area contributed by atoms with Crippen molar-refractivity contribution in [3.8, 4) is 17.2 Å². The Morgan fingerprint density at radius 3 is 2.37 bits per heavy atom. The van der Waals surface area contributed by atoms with Gasteiger partial charge in [0.1, 0.15) is 23.0 Å². The number of benzene rings is 3. The molecule has 1 saturated heterocycles. The fourth-order valence-electron chi connectivity index (χ4n) is 4.07. The van der Waals surface area contributed by atoms with E-state index in [2.05, 4.69) is 4.98 Å². The molecule has 0 spiro atoms. The molecule has 1 amide bonds. The number of phenolic OH excluding ortho intramolecular Hbond substituents is 1. The van der Waals surface area contributed by atoms with E-state index in [0.29, 0.717) is 28.1 Å². The lowest BCUT2D eigenvalue weighted by Gasteiger charge is -2.23. The maximum Gasteiger partial charge on any atom is 0.301 e. The van der Waals surface area contributed by atoms with Gasteiger partial charge in [-0.15, -0.1) is 0 Å². The number of phenols is 1. The minimum absolute atomic E-state index is 0.0356. The highest BCUT2D eigenvalue weighted by molar-refractivity contribution is 7.22. The molecule has 1 aromatic heterocycles. The lowest BCUT2D eigenvalue weighted by Crippen LogP contribution is -2.29.